The van der Waals surface area contributed by atoms with E-state index in [9.17, 15) is 5.21 Å². The SMILES string of the molecule is CCCN(CCNC)[N+]([O-])=NO. The molecule has 0 aromatic heterocycles. The number of nitrogens with zero attached hydrogens (tertiary/aromatic N) is 3. The van der Waals surface area contributed by atoms with Crippen molar-refractivity contribution in [2.45, 2.75) is 13.3 Å². The number of hydrogen-bond acceptors (Lipinski definition) is 3. The van der Waals surface area contributed by atoms with Gasteiger partial charge in [-0.05, 0) is 13.5 Å². The van der Waals surface area contributed by atoms with Crippen molar-refractivity contribution in [1.82, 2.24) is 10.3 Å². The lowest BCUT2D eigenvalue weighted by molar-refractivity contribution is -0.709. The topological polar surface area (TPSA) is 73.9 Å². The van der Waals surface area contributed by atoms with Gasteiger partial charge < -0.3 is 15.7 Å². The highest BCUT2D eigenvalue weighted by Crippen LogP contribution is 1.91. The lowest BCUT2D eigenvalue weighted by Crippen LogP contribution is -2.36. The summed E-state index contributed by atoms with van der Waals surface area (Å²) >= 11 is 0. The zero-order chi connectivity index (χ0) is 9.40. The summed E-state index contributed by atoms with van der Waals surface area (Å²) in [5, 5.41) is 25.9. The van der Waals surface area contributed by atoms with E-state index in [0.717, 1.165) is 6.42 Å². The second kappa shape index (κ2) is 6.66. The summed E-state index contributed by atoms with van der Waals surface area (Å²) in [5.74, 6) is 0. The monoisotopic (exact) mass is 176 g/mol. The summed E-state index contributed by atoms with van der Waals surface area (Å²) in [7, 11) is 1.80. The van der Waals surface area contributed by atoms with Crippen LogP contribution in [0.15, 0.2) is 5.28 Å². The van der Waals surface area contributed by atoms with E-state index in [2.05, 4.69) is 10.6 Å². The third kappa shape index (κ3) is 3.97. The average Bonchev–Trinajstić information content (AvgIpc) is 2.11. The molecule has 0 aliphatic heterocycles. The molecule has 0 bridgehead atoms. The molecule has 0 aliphatic rings. The fraction of sp³-hybridized carbons (Fsp3) is 1.00. The first kappa shape index (κ1) is 11.0. The molecule has 0 atom stereocenters. The van der Waals surface area contributed by atoms with Crippen LogP contribution < -0.4 is 5.32 Å². The standard InChI is InChI=1S/C6H16N4O2/c1-3-5-9(6-4-7-2)10(12)8-11/h7,11H,3-6H2,1-2H3. The Morgan fingerprint density at radius 3 is 2.67 bits per heavy atom. The fourth-order valence-corrected chi connectivity index (χ4v) is 0.838. The van der Waals surface area contributed by atoms with Gasteiger partial charge in [0.15, 0.2) is 0 Å². The highest BCUT2D eigenvalue weighted by molar-refractivity contribution is 4.45. The summed E-state index contributed by atoms with van der Waals surface area (Å²) < 4.78 is 0. The predicted molar refractivity (Wildman–Crippen MR) is 43.6 cm³/mol. The largest absolute Gasteiger partial charge is 0.569 e. The van der Waals surface area contributed by atoms with Crippen LogP contribution >= 0.6 is 0 Å². The second-order valence-corrected chi connectivity index (χ2v) is 2.40. The molecule has 0 heterocycles. The molecule has 0 spiro atoms. The van der Waals surface area contributed by atoms with E-state index in [1.165, 1.54) is 5.01 Å². The van der Waals surface area contributed by atoms with Gasteiger partial charge in [0.05, 0.1) is 18.1 Å². The first-order valence-corrected chi connectivity index (χ1v) is 3.98. The van der Waals surface area contributed by atoms with Crippen molar-refractivity contribution in [3.8, 4) is 0 Å². The molecule has 0 aromatic rings. The number of rotatable bonds is 6. The van der Waals surface area contributed by atoms with Crippen LogP contribution in [0.1, 0.15) is 13.3 Å². The first-order chi connectivity index (χ1) is 5.76. The van der Waals surface area contributed by atoms with Crippen molar-refractivity contribution in [1.29, 1.82) is 0 Å². The zero-order valence-corrected chi connectivity index (χ0v) is 7.53. The summed E-state index contributed by atoms with van der Waals surface area (Å²) in [5.41, 5.74) is 0. The Kier molecular flexibility index (Phi) is 6.08. The lowest BCUT2D eigenvalue weighted by Gasteiger charge is -2.16. The van der Waals surface area contributed by atoms with E-state index in [0.29, 0.717) is 19.6 Å². The maximum Gasteiger partial charge on any atom is 0.230 e. The zero-order valence-electron chi connectivity index (χ0n) is 7.53. The second-order valence-electron chi connectivity index (χ2n) is 2.40. The van der Waals surface area contributed by atoms with E-state index in [1.807, 2.05) is 6.92 Å². The molecule has 0 saturated heterocycles. The van der Waals surface area contributed by atoms with Gasteiger partial charge in [0.1, 0.15) is 0 Å². The summed E-state index contributed by atoms with van der Waals surface area (Å²) in [4.78, 5) is 0.209. The van der Waals surface area contributed by atoms with E-state index in [4.69, 9.17) is 5.21 Å². The fourth-order valence-electron chi connectivity index (χ4n) is 0.838. The Hall–Kier alpha value is -1.04. The van der Waals surface area contributed by atoms with Crippen LogP contribution in [-0.4, -0.2) is 41.9 Å². The molecular formula is C6H16N4O2. The highest BCUT2D eigenvalue weighted by Gasteiger charge is 2.09. The van der Waals surface area contributed by atoms with Crippen molar-refractivity contribution in [3.63, 3.8) is 0 Å². The molecule has 0 aromatic carbocycles. The highest BCUT2D eigenvalue weighted by atomic mass is 16.6. The molecule has 0 fully saturated rings. The Morgan fingerprint density at radius 2 is 2.25 bits per heavy atom. The van der Waals surface area contributed by atoms with Crippen molar-refractivity contribution in [2.75, 3.05) is 26.7 Å². The van der Waals surface area contributed by atoms with Crippen molar-refractivity contribution >= 4 is 0 Å². The predicted octanol–water partition coefficient (Wildman–Crippen LogP) is 0.184. The Morgan fingerprint density at radius 1 is 1.58 bits per heavy atom. The maximum atomic E-state index is 10.8. The number of likely N-dealkylation sites (N-methyl/N-ethyl adjacent to an activating group) is 1. The Labute approximate surface area is 72.0 Å². The quantitative estimate of drug-likeness (QED) is 0.344. The maximum absolute atomic E-state index is 10.8. The number of hydrogen-bond donors (Lipinski definition) is 2. The average molecular weight is 176 g/mol. The molecular weight excluding hydrogens is 160 g/mol. The van der Waals surface area contributed by atoms with E-state index >= 15 is 0 Å². The van der Waals surface area contributed by atoms with Gasteiger partial charge >= 0.3 is 0 Å². The smallest absolute Gasteiger partial charge is 0.230 e. The Bertz CT molecular complexity index is 140. The van der Waals surface area contributed by atoms with Crippen LogP contribution in [0.3, 0.4) is 0 Å². The molecule has 0 unspecified atom stereocenters. The van der Waals surface area contributed by atoms with Crippen LogP contribution in [0.25, 0.3) is 0 Å². The third-order valence-corrected chi connectivity index (χ3v) is 1.42. The van der Waals surface area contributed by atoms with Gasteiger partial charge in [0.2, 0.25) is 5.28 Å². The van der Waals surface area contributed by atoms with Crippen molar-refractivity contribution < 1.29 is 10.2 Å². The van der Waals surface area contributed by atoms with Crippen LogP contribution in [0.2, 0.25) is 0 Å². The van der Waals surface area contributed by atoms with Gasteiger partial charge in [-0.25, -0.2) is 0 Å². The van der Waals surface area contributed by atoms with E-state index < -0.39 is 0 Å². The normalized spacial score (nSPS) is 11.7. The molecule has 72 valence electrons. The molecule has 2 N–H and O–H groups in total. The number of nitrogens with one attached hydrogen (secondary N) is 1. The van der Waals surface area contributed by atoms with Gasteiger partial charge in [0, 0.05) is 6.54 Å². The van der Waals surface area contributed by atoms with Crippen LogP contribution in [-0.2, 0) is 0 Å². The van der Waals surface area contributed by atoms with Gasteiger partial charge in [-0.15, -0.1) is 5.01 Å². The minimum Gasteiger partial charge on any atom is -0.569 e. The number of hydrazine groups is 1. The van der Waals surface area contributed by atoms with Crippen molar-refractivity contribution in [3.05, 3.63) is 5.21 Å². The first-order valence-electron chi connectivity index (χ1n) is 3.98. The Balaban J connectivity index is 3.85. The minimum absolute atomic E-state index is 0.209. The van der Waals surface area contributed by atoms with Crippen LogP contribution in [0.5, 0.6) is 0 Å². The molecule has 0 saturated carbocycles. The molecule has 12 heavy (non-hydrogen) atoms. The van der Waals surface area contributed by atoms with E-state index in [1.54, 1.807) is 7.05 Å². The third-order valence-electron chi connectivity index (χ3n) is 1.42. The molecule has 6 nitrogen and oxygen atoms in total. The van der Waals surface area contributed by atoms with Gasteiger partial charge in [-0.2, -0.15) is 0 Å². The summed E-state index contributed by atoms with van der Waals surface area (Å²) in [6, 6.07) is 0. The summed E-state index contributed by atoms with van der Waals surface area (Å²) in [6.07, 6.45) is 0.845. The van der Waals surface area contributed by atoms with Gasteiger partial charge in [-0.3, -0.25) is 0 Å². The molecule has 0 aliphatic carbocycles. The molecule has 6 heteroatoms. The van der Waals surface area contributed by atoms with Gasteiger partial charge in [0.25, 0.3) is 0 Å². The van der Waals surface area contributed by atoms with Gasteiger partial charge in [-0.1, -0.05) is 6.92 Å². The van der Waals surface area contributed by atoms with E-state index in [-0.39, 0.29) is 4.97 Å². The molecule has 0 amide bonds. The van der Waals surface area contributed by atoms with Crippen molar-refractivity contribution in [2.24, 2.45) is 5.28 Å². The lowest BCUT2D eigenvalue weighted by atomic mass is 10.4. The van der Waals surface area contributed by atoms with Crippen LogP contribution in [0.4, 0.5) is 0 Å². The van der Waals surface area contributed by atoms with Crippen LogP contribution in [0, 0.1) is 5.21 Å². The minimum atomic E-state index is 0.209. The molecule has 0 radical (unpaired) electrons. The summed E-state index contributed by atoms with van der Waals surface area (Å²) in [6.45, 7) is 3.78. The molecule has 0 rings (SSSR count).